The van der Waals surface area contributed by atoms with Crippen LogP contribution in [-0.2, 0) is 0 Å². The summed E-state index contributed by atoms with van der Waals surface area (Å²) in [6.07, 6.45) is 2.70. The molecule has 2 heteroatoms. The minimum atomic E-state index is 0.259. The van der Waals surface area contributed by atoms with E-state index < -0.39 is 0 Å². The third-order valence-corrected chi connectivity index (χ3v) is 2.69. The molecule has 0 spiro atoms. The van der Waals surface area contributed by atoms with E-state index in [2.05, 4.69) is 15.9 Å². The van der Waals surface area contributed by atoms with Gasteiger partial charge < -0.3 is 0 Å². The molecule has 76 valence electrons. The maximum atomic E-state index is 11.7. The molecule has 0 heterocycles. The number of carbonyl (C=O) groups excluding carboxylic acids is 1. The van der Waals surface area contributed by atoms with Crippen molar-refractivity contribution in [2.75, 3.05) is 5.33 Å². The molecule has 0 atom stereocenters. The molecule has 1 aromatic rings. The number of ketones is 1. The Kier molecular flexibility index (Phi) is 4.88. The number of halogens is 1. The predicted molar refractivity (Wildman–Crippen MR) is 63.2 cm³/mol. The number of aryl methyl sites for hydroxylation is 1. The zero-order chi connectivity index (χ0) is 10.4. The van der Waals surface area contributed by atoms with Crippen LogP contribution in [0.25, 0.3) is 0 Å². The first-order chi connectivity index (χ1) is 6.74. The van der Waals surface area contributed by atoms with Gasteiger partial charge in [0.1, 0.15) is 0 Å². The number of carbonyl (C=O) groups is 1. The van der Waals surface area contributed by atoms with Crippen LogP contribution < -0.4 is 0 Å². The SMILES string of the molecule is Cc1cccc(C(=O)CCCCBr)c1. The second-order valence-electron chi connectivity index (χ2n) is 3.44. The normalized spacial score (nSPS) is 10.1. The summed E-state index contributed by atoms with van der Waals surface area (Å²) in [7, 11) is 0. The third kappa shape index (κ3) is 3.62. The van der Waals surface area contributed by atoms with E-state index in [-0.39, 0.29) is 5.78 Å². The molecule has 0 N–H and O–H groups in total. The van der Waals surface area contributed by atoms with Gasteiger partial charge in [0, 0.05) is 17.3 Å². The molecule has 0 bridgehead atoms. The summed E-state index contributed by atoms with van der Waals surface area (Å²) in [5, 5.41) is 0.980. The van der Waals surface area contributed by atoms with E-state index in [9.17, 15) is 4.79 Å². The zero-order valence-electron chi connectivity index (χ0n) is 8.42. The minimum absolute atomic E-state index is 0.259. The number of Topliss-reactive ketones (excluding diaryl/α,β-unsaturated/α-hetero) is 1. The lowest BCUT2D eigenvalue weighted by atomic mass is 10.0. The summed E-state index contributed by atoms with van der Waals surface area (Å²) in [6.45, 7) is 2.01. The van der Waals surface area contributed by atoms with Gasteiger partial charge in [-0.2, -0.15) is 0 Å². The van der Waals surface area contributed by atoms with Gasteiger partial charge in [-0.3, -0.25) is 4.79 Å². The molecule has 0 radical (unpaired) electrons. The van der Waals surface area contributed by atoms with E-state index in [0.29, 0.717) is 6.42 Å². The van der Waals surface area contributed by atoms with Gasteiger partial charge >= 0.3 is 0 Å². The number of benzene rings is 1. The van der Waals surface area contributed by atoms with Crippen molar-refractivity contribution in [2.45, 2.75) is 26.2 Å². The molecule has 14 heavy (non-hydrogen) atoms. The lowest BCUT2D eigenvalue weighted by molar-refractivity contribution is 0.0980. The van der Waals surface area contributed by atoms with Gasteiger partial charge in [0.2, 0.25) is 0 Å². The second-order valence-corrected chi connectivity index (χ2v) is 4.23. The largest absolute Gasteiger partial charge is 0.294 e. The molecule has 0 aliphatic heterocycles. The summed E-state index contributed by atoms with van der Waals surface area (Å²) in [6, 6.07) is 7.79. The number of hydrogen-bond donors (Lipinski definition) is 0. The van der Waals surface area contributed by atoms with Crippen LogP contribution in [0.4, 0.5) is 0 Å². The number of alkyl halides is 1. The molecular weight excluding hydrogens is 240 g/mol. The van der Waals surface area contributed by atoms with Crippen LogP contribution in [0.15, 0.2) is 24.3 Å². The fourth-order valence-corrected chi connectivity index (χ4v) is 1.74. The number of rotatable bonds is 5. The first-order valence-electron chi connectivity index (χ1n) is 4.90. The van der Waals surface area contributed by atoms with Crippen molar-refractivity contribution in [2.24, 2.45) is 0 Å². The van der Waals surface area contributed by atoms with E-state index in [0.717, 1.165) is 29.3 Å². The van der Waals surface area contributed by atoms with E-state index in [1.807, 2.05) is 31.2 Å². The Morgan fingerprint density at radius 3 is 2.79 bits per heavy atom. The summed E-state index contributed by atoms with van der Waals surface area (Å²) in [5.41, 5.74) is 2.00. The average molecular weight is 255 g/mol. The van der Waals surface area contributed by atoms with Gasteiger partial charge in [-0.1, -0.05) is 39.7 Å². The molecule has 1 aromatic carbocycles. The van der Waals surface area contributed by atoms with E-state index in [1.165, 1.54) is 0 Å². The van der Waals surface area contributed by atoms with Crippen molar-refractivity contribution in [3.8, 4) is 0 Å². The van der Waals surface area contributed by atoms with Crippen molar-refractivity contribution in [3.05, 3.63) is 35.4 Å². The van der Waals surface area contributed by atoms with Gasteiger partial charge in [-0.25, -0.2) is 0 Å². The van der Waals surface area contributed by atoms with E-state index in [1.54, 1.807) is 0 Å². The van der Waals surface area contributed by atoms with Gasteiger partial charge in [0.25, 0.3) is 0 Å². The fraction of sp³-hybridized carbons (Fsp3) is 0.417. The highest BCUT2D eigenvalue weighted by Crippen LogP contribution is 2.09. The molecular formula is C12H15BrO. The Labute approximate surface area is 93.7 Å². The first kappa shape index (κ1) is 11.4. The Morgan fingerprint density at radius 1 is 1.36 bits per heavy atom. The smallest absolute Gasteiger partial charge is 0.162 e. The Bertz CT molecular complexity index is 307. The van der Waals surface area contributed by atoms with Gasteiger partial charge in [0.15, 0.2) is 5.78 Å². The molecule has 0 aromatic heterocycles. The highest BCUT2D eigenvalue weighted by atomic mass is 79.9. The van der Waals surface area contributed by atoms with Crippen molar-refractivity contribution in [3.63, 3.8) is 0 Å². The topological polar surface area (TPSA) is 17.1 Å². The van der Waals surface area contributed by atoms with Gasteiger partial charge in [-0.05, 0) is 25.8 Å². The van der Waals surface area contributed by atoms with Crippen LogP contribution in [-0.4, -0.2) is 11.1 Å². The molecule has 0 aliphatic carbocycles. The van der Waals surface area contributed by atoms with Crippen molar-refractivity contribution >= 4 is 21.7 Å². The molecule has 1 nitrogen and oxygen atoms in total. The van der Waals surface area contributed by atoms with Crippen LogP contribution in [0.2, 0.25) is 0 Å². The van der Waals surface area contributed by atoms with Crippen molar-refractivity contribution in [1.29, 1.82) is 0 Å². The predicted octanol–water partition coefficient (Wildman–Crippen LogP) is 3.74. The third-order valence-electron chi connectivity index (χ3n) is 2.13. The maximum absolute atomic E-state index is 11.7. The fourth-order valence-electron chi connectivity index (χ4n) is 1.34. The Hall–Kier alpha value is -0.630. The van der Waals surface area contributed by atoms with Crippen LogP contribution in [0.5, 0.6) is 0 Å². The van der Waals surface area contributed by atoms with Crippen LogP contribution >= 0.6 is 15.9 Å². The van der Waals surface area contributed by atoms with Gasteiger partial charge in [0.05, 0.1) is 0 Å². The van der Waals surface area contributed by atoms with Crippen LogP contribution in [0, 0.1) is 6.92 Å². The summed E-state index contributed by atoms with van der Waals surface area (Å²) >= 11 is 3.36. The highest BCUT2D eigenvalue weighted by molar-refractivity contribution is 9.09. The number of hydrogen-bond acceptors (Lipinski definition) is 1. The lowest BCUT2D eigenvalue weighted by Crippen LogP contribution is -1.99. The summed E-state index contributed by atoms with van der Waals surface area (Å²) in [4.78, 5) is 11.7. The van der Waals surface area contributed by atoms with Crippen LogP contribution in [0.1, 0.15) is 35.2 Å². The standard InChI is InChI=1S/C12H15BrO/c1-10-5-4-6-11(9-10)12(14)7-2-3-8-13/h4-6,9H,2-3,7-8H2,1H3. The molecule has 0 amide bonds. The molecule has 1 rings (SSSR count). The molecule has 0 saturated heterocycles. The maximum Gasteiger partial charge on any atom is 0.162 e. The minimum Gasteiger partial charge on any atom is -0.294 e. The zero-order valence-corrected chi connectivity index (χ0v) is 10.0. The molecule has 0 unspecified atom stereocenters. The molecule has 0 saturated carbocycles. The summed E-state index contributed by atoms with van der Waals surface area (Å²) in [5.74, 6) is 0.259. The average Bonchev–Trinajstić information content (AvgIpc) is 2.18. The quantitative estimate of drug-likeness (QED) is 0.445. The number of unbranched alkanes of at least 4 members (excludes halogenated alkanes) is 1. The highest BCUT2D eigenvalue weighted by Gasteiger charge is 2.04. The first-order valence-corrected chi connectivity index (χ1v) is 6.02. The second kappa shape index (κ2) is 5.97. The van der Waals surface area contributed by atoms with Crippen molar-refractivity contribution < 1.29 is 4.79 Å². The summed E-state index contributed by atoms with van der Waals surface area (Å²) < 4.78 is 0. The van der Waals surface area contributed by atoms with E-state index in [4.69, 9.17) is 0 Å². The van der Waals surface area contributed by atoms with Crippen LogP contribution in [0.3, 0.4) is 0 Å². The lowest BCUT2D eigenvalue weighted by Gasteiger charge is -2.01. The van der Waals surface area contributed by atoms with Gasteiger partial charge in [-0.15, -0.1) is 0 Å². The van der Waals surface area contributed by atoms with E-state index >= 15 is 0 Å². The van der Waals surface area contributed by atoms with Crippen molar-refractivity contribution in [1.82, 2.24) is 0 Å². The molecule has 0 aliphatic rings. The molecule has 0 fully saturated rings. The Morgan fingerprint density at radius 2 is 2.14 bits per heavy atom. The monoisotopic (exact) mass is 254 g/mol. The Balaban J connectivity index is 2.52.